The van der Waals surface area contributed by atoms with Gasteiger partial charge in [0.05, 0.1) is 11.3 Å². The average molecular weight is 265 g/mol. The third kappa shape index (κ3) is 1.68. The van der Waals surface area contributed by atoms with Crippen LogP contribution in [-0.4, -0.2) is 16.6 Å². The monoisotopic (exact) mass is 265 g/mol. The van der Waals surface area contributed by atoms with Gasteiger partial charge in [-0.15, -0.1) is 0 Å². The third-order valence-electron chi connectivity index (χ3n) is 4.18. The molecule has 1 saturated carbocycles. The van der Waals surface area contributed by atoms with Gasteiger partial charge in [-0.05, 0) is 24.5 Å². The van der Waals surface area contributed by atoms with E-state index in [1.54, 1.807) is 0 Å². The largest absolute Gasteiger partial charge is 0.361 e. The van der Waals surface area contributed by atoms with Crippen molar-refractivity contribution in [1.82, 2.24) is 10.4 Å². The first-order valence-corrected chi connectivity index (χ1v) is 6.90. The van der Waals surface area contributed by atoms with Crippen LogP contribution in [0.2, 0.25) is 0 Å². The van der Waals surface area contributed by atoms with Crippen LogP contribution in [0.25, 0.3) is 17.0 Å². The van der Waals surface area contributed by atoms with E-state index in [0.717, 1.165) is 28.6 Å². The van der Waals surface area contributed by atoms with Gasteiger partial charge in [-0.3, -0.25) is 4.79 Å². The van der Waals surface area contributed by atoms with Crippen LogP contribution in [0.1, 0.15) is 18.9 Å². The van der Waals surface area contributed by atoms with Gasteiger partial charge in [0.25, 0.3) is 5.91 Å². The number of fused-ring (bicyclic) bond motifs is 1. The first kappa shape index (κ1) is 11.5. The van der Waals surface area contributed by atoms with E-state index in [9.17, 15) is 4.79 Å². The summed E-state index contributed by atoms with van der Waals surface area (Å²) in [5, 5.41) is 5.34. The van der Waals surface area contributed by atoms with E-state index >= 15 is 0 Å². The van der Waals surface area contributed by atoms with Crippen molar-refractivity contribution in [2.45, 2.75) is 13.3 Å². The molecule has 1 fully saturated rings. The Balaban J connectivity index is 1.78. The predicted molar refractivity (Wildman–Crippen MR) is 79.1 cm³/mol. The quantitative estimate of drug-likeness (QED) is 0.806. The zero-order valence-electron chi connectivity index (χ0n) is 11.2. The maximum atomic E-state index is 12.0. The van der Waals surface area contributed by atoms with Gasteiger partial charge in [0.2, 0.25) is 0 Å². The molecule has 1 aromatic heterocycles. The summed E-state index contributed by atoms with van der Waals surface area (Å²) in [6, 6.07) is 8.09. The number of carbonyl (C=O) groups excluding carboxylic acids is 1. The number of hydrogen-bond acceptors (Lipinski definition) is 2. The van der Waals surface area contributed by atoms with E-state index in [0.29, 0.717) is 17.4 Å². The highest BCUT2D eigenvalue weighted by molar-refractivity contribution is 6.29. The van der Waals surface area contributed by atoms with Gasteiger partial charge in [-0.2, -0.15) is 5.10 Å². The Labute approximate surface area is 116 Å². The number of nitrogens with zero attached hydrogens (tertiary/aromatic N) is 1. The molecule has 4 heteroatoms. The van der Waals surface area contributed by atoms with Gasteiger partial charge >= 0.3 is 0 Å². The molecule has 0 spiro atoms. The fourth-order valence-corrected chi connectivity index (χ4v) is 2.84. The molecular formula is C16H15N3O. The number of carbonyl (C=O) groups is 1. The smallest absolute Gasteiger partial charge is 0.273 e. The first-order chi connectivity index (χ1) is 9.74. The Morgan fingerprint density at radius 1 is 1.35 bits per heavy atom. The maximum Gasteiger partial charge on any atom is 0.273 e. The number of para-hydroxylation sites is 1. The van der Waals surface area contributed by atoms with Crippen LogP contribution >= 0.6 is 0 Å². The van der Waals surface area contributed by atoms with Crippen LogP contribution in [0, 0.1) is 11.8 Å². The van der Waals surface area contributed by atoms with E-state index in [4.69, 9.17) is 0 Å². The summed E-state index contributed by atoms with van der Waals surface area (Å²) in [6.45, 7) is 2.19. The van der Waals surface area contributed by atoms with Crippen molar-refractivity contribution in [2.75, 3.05) is 0 Å². The summed E-state index contributed by atoms with van der Waals surface area (Å²) in [5.41, 5.74) is 6.34. The molecule has 1 aromatic carbocycles. The molecule has 2 heterocycles. The minimum absolute atomic E-state index is 0.0932. The lowest BCUT2D eigenvalue weighted by atomic mass is 10.0. The number of rotatable bonds is 2. The Bertz CT molecular complexity index is 769. The molecule has 100 valence electrons. The van der Waals surface area contributed by atoms with E-state index < -0.39 is 0 Å². The lowest BCUT2D eigenvalue weighted by Crippen LogP contribution is -2.13. The van der Waals surface area contributed by atoms with Gasteiger partial charge in [-0.1, -0.05) is 25.1 Å². The lowest BCUT2D eigenvalue weighted by molar-refractivity contribution is -0.116. The Morgan fingerprint density at radius 2 is 2.15 bits per heavy atom. The van der Waals surface area contributed by atoms with E-state index in [2.05, 4.69) is 28.5 Å². The second kappa shape index (κ2) is 4.07. The summed E-state index contributed by atoms with van der Waals surface area (Å²) < 4.78 is 0. The summed E-state index contributed by atoms with van der Waals surface area (Å²) in [4.78, 5) is 15.2. The van der Waals surface area contributed by atoms with Gasteiger partial charge in [-0.25, -0.2) is 5.43 Å². The molecule has 4 rings (SSSR count). The minimum Gasteiger partial charge on any atom is -0.361 e. The number of aromatic nitrogens is 1. The van der Waals surface area contributed by atoms with E-state index in [-0.39, 0.29) is 5.91 Å². The van der Waals surface area contributed by atoms with Crippen LogP contribution < -0.4 is 5.43 Å². The SMILES string of the molecule is CC1CC1C1=NNC(=O)/C1=C\c1c[nH]c2ccccc12. The molecule has 0 radical (unpaired) electrons. The van der Waals surface area contributed by atoms with Crippen LogP contribution in [-0.2, 0) is 4.79 Å². The first-order valence-electron chi connectivity index (χ1n) is 6.90. The van der Waals surface area contributed by atoms with Crippen molar-refractivity contribution < 1.29 is 4.79 Å². The molecule has 2 aromatic rings. The highest BCUT2D eigenvalue weighted by Gasteiger charge is 2.42. The molecule has 1 aliphatic heterocycles. The number of benzene rings is 1. The van der Waals surface area contributed by atoms with E-state index in [1.165, 1.54) is 0 Å². The van der Waals surface area contributed by atoms with Crippen molar-refractivity contribution in [3.05, 3.63) is 41.6 Å². The Hall–Kier alpha value is -2.36. The molecule has 1 amide bonds. The molecule has 2 unspecified atom stereocenters. The molecule has 4 nitrogen and oxygen atoms in total. The van der Waals surface area contributed by atoms with Gasteiger partial charge in [0.1, 0.15) is 0 Å². The number of hydrazone groups is 1. The maximum absolute atomic E-state index is 12.0. The predicted octanol–water partition coefficient (Wildman–Crippen LogP) is 2.69. The normalized spacial score (nSPS) is 26.9. The Kier molecular flexibility index (Phi) is 2.33. The Morgan fingerprint density at radius 3 is 2.95 bits per heavy atom. The average Bonchev–Trinajstić information content (AvgIpc) is 2.89. The standard InChI is InChI=1S/C16H15N3O/c1-9-6-12(9)15-13(16(20)19-18-15)7-10-8-17-14-5-3-2-4-11(10)14/h2-5,7-9,12,17H,6H2,1H3,(H,19,20)/b13-7-. The highest BCUT2D eigenvalue weighted by atomic mass is 16.2. The number of amides is 1. The number of nitrogens with one attached hydrogen (secondary N) is 2. The second-order valence-electron chi connectivity index (χ2n) is 5.61. The van der Waals surface area contributed by atoms with Crippen molar-refractivity contribution in [3.63, 3.8) is 0 Å². The van der Waals surface area contributed by atoms with Crippen molar-refractivity contribution in [2.24, 2.45) is 16.9 Å². The molecule has 0 bridgehead atoms. The fraction of sp³-hybridized carbons (Fsp3) is 0.250. The number of H-pyrrole nitrogens is 1. The molecular weight excluding hydrogens is 250 g/mol. The zero-order chi connectivity index (χ0) is 13.7. The third-order valence-corrected chi connectivity index (χ3v) is 4.18. The topological polar surface area (TPSA) is 57.2 Å². The summed E-state index contributed by atoms with van der Waals surface area (Å²) in [6.07, 6.45) is 5.02. The molecule has 0 saturated heterocycles. The molecule has 20 heavy (non-hydrogen) atoms. The zero-order valence-corrected chi connectivity index (χ0v) is 11.2. The summed E-state index contributed by atoms with van der Waals surface area (Å²) in [7, 11) is 0. The molecule has 2 atom stereocenters. The van der Waals surface area contributed by atoms with Gasteiger partial charge in [0, 0.05) is 28.6 Å². The fourth-order valence-electron chi connectivity index (χ4n) is 2.84. The van der Waals surface area contributed by atoms with Crippen LogP contribution in [0.5, 0.6) is 0 Å². The van der Waals surface area contributed by atoms with Crippen LogP contribution in [0.15, 0.2) is 41.1 Å². The van der Waals surface area contributed by atoms with E-state index in [1.807, 2.05) is 30.5 Å². The number of hydrogen-bond donors (Lipinski definition) is 2. The van der Waals surface area contributed by atoms with Crippen molar-refractivity contribution >= 4 is 28.6 Å². The molecule has 1 aliphatic carbocycles. The van der Waals surface area contributed by atoms with Gasteiger partial charge < -0.3 is 4.98 Å². The van der Waals surface area contributed by atoms with Crippen LogP contribution in [0.4, 0.5) is 0 Å². The summed E-state index contributed by atoms with van der Waals surface area (Å²) >= 11 is 0. The van der Waals surface area contributed by atoms with Crippen molar-refractivity contribution in [3.8, 4) is 0 Å². The van der Waals surface area contributed by atoms with Crippen molar-refractivity contribution in [1.29, 1.82) is 0 Å². The highest BCUT2D eigenvalue weighted by Crippen LogP contribution is 2.42. The number of aromatic amines is 1. The van der Waals surface area contributed by atoms with Gasteiger partial charge in [0.15, 0.2) is 0 Å². The molecule has 2 N–H and O–H groups in total. The lowest BCUT2D eigenvalue weighted by Gasteiger charge is -1.99. The van der Waals surface area contributed by atoms with Crippen LogP contribution in [0.3, 0.4) is 0 Å². The minimum atomic E-state index is -0.0932. The summed E-state index contributed by atoms with van der Waals surface area (Å²) in [5.74, 6) is 0.975. The molecule has 2 aliphatic rings. The second-order valence-corrected chi connectivity index (χ2v) is 5.61.